The minimum atomic E-state index is -0.600. The predicted molar refractivity (Wildman–Crippen MR) is 113 cm³/mol. The number of rotatable bonds is 6. The lowest BCUT2D eigenvalue weighted by atomic mass is 9.98. The Bertz CT molecular complexity index is 1070. The summed E-state index contributed by atoms with van der Waals surface area (Å²) in [6.45, 7) is 10.9. The molecule has 0 saturated heterocycles. The maximum atomic E-state index is 14.6. The van der Waals surface area contributed by atoms with Crippen LogP contribution in [0.4, 0.5) is 4.39 Å². The van der Waals surface area contributed by atoms with Crippen molar-refractivity contribution in [3.05, 3.63) is 79.2 Å². The van der Waals surface area contributed by atoms with Crippen molar-refractivity contribution < 1.29 is 23.5 Å². The Kier molecular flexibility index (Phi) is 7.66. The summed E-state index contributed by atoms with van der Waals surface area (Å²) in [7, 11) is 0. The van der Waals surface area contributed by atoms with Crippen molar-refractivity contribution in [1.29, 1.82) is 0 Å². The van der Waals surface area contributed by atoms with Crippen molar-refractivity contribution in [3.63, 3.8) is 0 Å². The number of fused-ring (bicyclic) bond motifs is 3. The van der Waals surface area contributed by atoms with Crippen molar-refractivity contribution in [3.8, 4) is 5.75 Å². The van der Waals surface area contributed by atoms with Crippen molar-refractivity contribution >= 4 is 33.5 Å². The van der Waals surface area contributed by atoms with Gasteiger partial charge in [0.15, 0.2) is 0 Å². The molecule has 0 bridgehead atoms. The van der Waals surface area contributed by atoms with Crippen molar-refractivity contribution in [1.82, 2.24) is 0 Å². The average molecular weight is 394 g/mol. The molecule has 0 atom stereocenters. The second kappa shape index (κ2) is 10.2. The van der Waals surface area contributed by atoms with E-state index in [9.17, 15) is 14.0 Å². The van der Waals surface area contributed by atoms with Crippen LogP contribution in [0, 0.1) is 5.82 Å². The Balaban J connectivity index is 0.00000145. The first kappa shape index (κ1) is 21.8. The van der Waals surface area contributed by atoms with Crippen LogP contribution < -0.4 is 4.74 Å². The molecular formula is C24H23FO4. The molecule has 0 aliphatic rings. The monoisotopic (exact) mass is 394 g/mol. The highest BCUT2D eigenvalue weighted by molar-refractivity contribution is 6.08. The molecule has 4 nitrogen and oxygen atoms in total. The van der Waals surface area contributed by atoms with E-state index in [1.165, 1.54) is 12.1 Å². The van der Waals surface area contributed by atoms with Crippen molar-refractivity contribution in [2.45, 2.75) is 20.3 Å². The zero-order chi connectivity index (χ0) is 21.4. The average Bonchev–Trinajstić information content (AvgIpc) is 2.75. The predicted octanol–water partition coefficient (Wildman–Crippen LogP) is 5.52. The molecule has 0 aromatic heterocycles. The topological polar surface area (TPSA) is 52.6 Å². The van der Waals surface area contributed by atoms with Gasteiger partial charge in [0.25, 0.3) is 0 Å². The molecule has 0 amide bonds. The van der Waals surface area contributed by atoms with Gasteiger partial charge in [0.2, 0.25) is 0 Å². The van der Waals surface area contributed by atoms with Crippen LogP contribution in [-0.2, 0) is 20.7 Å². The van der Waals surface area contributed by atoms with Crippen LogP contribution in [0.3, 0.4) is 0 Å². The molecule has 0 aliphatic heterocycles. The summed E-state index contributed by atoms with van der Waals surface area (Å²) in [6.07, 6.45) is 2.68. The standard InChI is InChI=1S/C22H17FO4.C2H6/c1-3-21(24)26-10-9-14-5-7-17-15(11-14)12-20(23)19-13-16(6-8-18(17)19)27-22(25)4-2;1-2/h3-8,11-13H,1-2,9-10H2;1-2H3. The fourth-order valence-electron chi connectivity index (χ4n) is 2.85. The third kappa shape index (κ3) is 5.29. The van der Waals surface area contributed by atoms with Gasteiger partial charge in [-0.15, -0.1) is 0 Å². The number of hydrogen-bond donors (Lipinski definition) is 0. The maximum absolute atomic E-state index is 14.6. The highest BCUT2D eigenvalue weighted by Crippen LogP contribution is 2.31. The van der Waals surface area contributed by atoms with Crippen molar-refractivity contribution in [2.75, 3.05) is 6.61 Å². The van der Waals surface area contributed by atoms with Crippen LogP contribution >= 0.6 is 0 Å². The number of halogens is 1. The highest BCUT2D eigenvalue weighted by atomic mass is 19.1. The minimum Gasteiger partial charge on any atom is -0.462 e. The molecule has 3 rings (SSSR count). The van der Waals surface area contributed by atoms with E-state index >= 15 is 0 Å². The van der Waals surface area contributed by atoms with Gasteiger partial charge in [0.05, 0.1) is 6.61 Å². The zero-order valence-corrected chi connectivity index (χ0v) is 16.5. The molecule has 0 spiro atoms. The Morgan fingerprint density at radius 3 is 2.31 bits per heavy atom. The largest absolute Gasteiger partial charge is 0.462 e. The number of hydrogen-bond acceptors (Lipinski definition) is 4. The number of benzene rings is 3. The molecule has 0 N–H and O–H groups in total. The normalized spacial score (nSPS) is 10.0. The number of esters is 2. The zero-order valence-electron chi connectivity index (χ0n) is 16.5. The van der Waals surface area contributed by atoms with Gasteiger partial charge < -0.3 is 9.47 Å². The number of carbonyl (C=O) groups excluding carboxylic acids is 2. The molecule has 0 radical (unpaired) electrons. The second-order valence-electron chi connectivity index (χ2n) is 5.87. The van der Waals surface area contributed by atoms with Crippen LogP contribution in [0.25, 0.3) is 21.5 Å². The Hall–Kier alpha value is -3.47. The molecule has 0 heterocycles. The van der Waals surface area contributed by atoms with Gasteiger partial charge in [0, 0.05) is 24.0 Å². The first-order valence-electron chi connectivity index (χ1n) is 9.30. The van der Waals surface area contributed by atoms with Gasteiger partial charge in [-0.25, -0.2) is 14.0 Å². The second-order valence-corrected chi connectivity index (χ2v) is 5.87. The summed E-state index contributed by atoms with van der Waals surface area (Å²) >= 11 is 0. The summed E-state index contributed by atoms with van der Waals surface area (Å²) in [5.41, 5.74) is 0.926. The molecule has 0 aliphatic carbocycles. The van der Waals surface area contributed by atoms with E-state index < -0.39 is 17.8 Å². The lowest BCUT2D eigenvalue weighted by Gasteiger charge is -2.10. The smallest absolute Gasteiger partial charge is 0.335 e. The molecule has 0 fully saturated rings. The third-order valence-corrected chi connectivity index (χ3v) is 4.12. The van der Waals surface area contributed by atoms with E-state index in [4.69, 9.17) is 9.47 Å². The lowest BCUT2D eigenvalue weighted by Crippen LogP contribution is -2.04. The van der Waals surface area contributed by atoms with E-state index in [-0.39, 0.29) is 12.4 Å². The molecule has 29 heavy (non-hydrogen) atoms. The summed E-state index contributed by atoms with van der Waals surface area (Å²) in [6, 6.07) is 11.9. The summed E-state index contributed by atoms with van der Waals surface area (Å²) < 4.78 is 24.6. The quantitative estimate of drug-likeness (QED) is 0.239. The first-order chi connectivity index (χ1) is 14.0. The van der Waals surface area contributed by atoms with E-state index in [1.54, 1.807) is 12.1 Å². The summed E-state index contributed by atoms with van der Waals surface area (Å²) in [5, 5.41) is 2.70. The maximum Gasteiger partial charge on any atom is 0.335 e. The first-order valence-corrected chi connectivity index (χ1v) is 9.30. The van der Waals surface area contributed by atoms with Crippen molar-refractivity contribution in [2.24, 2.45) is 0 Å². The molecule has 3 aromatic rings. The molecule has 0 unspecified atom stereocenters. The molecular weight excluding hydrogens is 371 g/mol. The van der Waals surface area contributed by atoms with E-state index in [0.29, 0.717) is 17.2 Å². The van der Waals surface area contributed by atoms with Crippen LogP contribution in [0.5, 0.6) is 5.75 Å². The van der Waals surface area contributed by atoms with Crippen LogP contribution in [0.15, 0.2) is 67.8 Å². The fraction of sp³-hybridized carbons (Fsp3) is 0.167. The lowest BCUT2D eigenvalue weighted by molar-refractivity contribution is -0.137. The fourth-order valence-corrected chi connectivity index (χ4v) is 2.85. The van der Waals surface area contributed by atoms with E-state index in [0.717, 1.165) is 28.5 Å². The Morgan fingerprint density at radius 1 is 0.931 bits per heavy atom. The van der Waals surface area contributed by atoms with E-state index in [2.05, 4.69) is 13.2 Å². The molecule has 3 aromatic carbocycles. The summed E-state index contributed by atoms with van der Waals surface area (Å²) in [4.78, 5) is 22.4. The third-order valence-electron chi connectivity index (χ3n) is 4.12. The number of ether oxygens (including phenoxy) is 2. The van der Waals surface area contributed by atoms with Crippen LogP contribution in [-0.4, -0.2) is 18.5 Å². The summed E-state index contributed by atoms with van der Waals surface area (Å²) in [5.74, 6) is -1.23. The van der Waals surface area contributed by atoms with Gasteiger partial charge in [0.1, 0.15) is 11.6 Å². The minimum absolute atomic E-state index is 0.227. The Morgan fingerprint density at radius 2 is 1.62 bits per heavy atom. The van der Waals surface area contributed by atoms with Gasteiger partial charge in [-0.3, -0.25) is 0 Å². The van der Waals surface area contributed by atoms with Crippen LogP contribution in [0.1, 0.15) is 19.4 Å². The van der Waals surface area contributed by atoms with E-state index in [1.807, 2.05) is 32.0 Å². The van der Waals surface area contributed by atoms with Gasteiger partial charge in [-0.2, -0.15) is 0 Å². The molecule has 150 valence electrons. The highest BCUT2D eigenvalue weighted by Gasteiger charge is 2.10. The van der Waals surface area contributed by atoms with Crippen LogP contribution in [0.2, 0.25) is 0 Å². The number of carbonyl (C=O) groups is 2. The van der Waals surface area contributed by atoms with Gasteiger partial charge in [-0.1, -0.05) is 45.2 Å². The SMILES string of the molecule is C=CC(=O)OCCc1ccc2c(c1)cc(F)c1cc(OC(=O)C=C)ccc12.CC. The Labute approximate surface area is 169 Å². The molecule has 5 heteroatoms. The van der Waals surface area contributed by atoms with Gasteiger partial charge in [-0.05, 0) is 46.0 Å². The molecule has 0 saturated carbocycles. The van der Waals surface area contributed by atoms with Gasteiger partial charge >= 0.3 is 11.9 Å².